The molecule has 33 heavy (non-hydrogen) atoms. The Balaban J connectivity index is 1.49. The van der Waals surface area contributed by atoms with Gasteiger partial charge in [-0.2, -0.15) is 5.26 Å². The molecule has 2 heterocycles. The zero-order chi connectivity index (χ0) is 23.5. The Labute approximate surface area is 200 Å². The zero-order valence-corrected chi connectivity index (χ0v) is 19.3. The molecule has 0 unspecified atom stereocenters. The van der Waals surface area contributed by atoms with Crippen LogP contribution in [0.25, 0.3) is 16.3 Å². The molecule has 1 N–H and O–H groups in total. The van der Waals surface area contributed by atoms with Crippen molar-refractivity contribution < 1.29 is 14.1 Å². The summed E-state index contributed by atoms with van der Waals surface area (Å²) in [5.41, 5.74) is 1.87. The number of non-ortho nitro benzene ring substituents is 1. The average molecular weight is 497 g/mol. The first-order valence-corrected chi connectivity index (χ1v) is 11.4. The fraction of sp³-hybridized carbons (Fsp3) is 0.0455. The molecule has 2 aromatic heterocycles. The van der Waals surface area contributed by atoms with Gasteiger partial charge in [0.15, 0.2) is 9.43 Å². The Kier molecular flexibility index (Phi) is 6.46. The summed E-state index contributed by atoms with van der Waals surface area (Å²) in [7, 11) is 0. The molecular formula is C22H13ClN4O4S2. The minimum atomic E-state index is -0.587. The highest BCUT2D eigenvalue weighted by Gasteiger charge is 2.14. The van der Waals surface area contributed by atoms with Crippen molar-refractivity contribution in [3.63, 3.8) is 0 Å². The summed E-state index contributed by atoms with van der Waals surface area (Å²) >= 11 is 8.62. The van der Waals surface area contributed by atoms with Crippen LogP contribution in [-0.4, -0.2) is 15.8 Å². The molecule has 0 atom stereocenters. The standard InChI is InChI=1S/C22H13ClN4O4S2/c1-12-2-3-14(9-17(12)23)25-21(28)13(11-24)8-16-5-7-20(31-16)33-22-26-18-6-4-15(27(29)30)10-19(18)32-22/h2-10H,1H3,(H,25,28)/b13-8+. The van der Waals surface area contributed by atoms with Crippen molar-refractivity contribution in [3.8, 4) is 6.07 Å². The van der Waals surface area contributed by atoms with Crippen molar-refractivity contribution in [2.75, 3.05) is 5.32 Å². The fourth-order valence-electron chi connectivity index (χ4n) is 2.76. The second-order valence-electron chi connectivity index (χ2n) is 6.74. The van der Waals surface area contributed by atoms with Gasteiger partial charge in [0.2, 0.25) is 0 Å². The van der Waals surface area contributed by atoms with Gasteiger partial charge in [0.25, 0.3) is 11.6 Å². The number of halogens is 1. The Bertz CT molecular complexity index is 1470. The van der Waals surface area contributed by atoms with E-state index < -0.39 is 10.8 Å². The molecule has 0 spiro atoms. The van der Waals surface area contributed by atoms with Crippen molar-refractivity contribution >= 4 is 68.3 Å². The number of nitro groups is 1. The van der Waals surface area contributed by atoms with Crippen LogP contribution in [0.15, 0.2) is 68.0 Å². The van der Waals surface area contributed by atoms with E-state index >= 15 is 0 Å². The molecular weight excluding hydrogens is 484 g/mol. The number of benzene rings is 2. The highest BCUT2D eigenvalue weighted by molar-refractivity contribution is 8.01. The SMILES string of the molecule is Cc1ccc(NC(=O)/C(C#N)=C/c2ccc(Sc3nc4ccc([N+](=O)[O-])cc4s3)o2)cc1Cl. The minimum absolute atomic E-state index is 0.00309. The summed E-state index contributed by atoms with van der Waals surface area (Å²) < 4.78 is 7.04. The first kappa shape index (κ1) is 22.5. The Morgan fingerprint density at radius 3 is 2.85 bits per heavy atom. The number of aromatic nitrogens is 1. The molecule has 4 aromatic rings. The zero-order valence-electron chi connectivity index (χ0n) is 16.9. The van der Waals surface area contributed by atoms with Gasteiger partial charge in [-0.25, -0.2) is 4.98 Å². The van der Waals surface area contributed by atoms with Crippen molar-refractivity contribution in [1.29, 1.82) is 5.26 Å². The smallest absolute Gasteiger partial charge is 0.270 e. The third kappa shape index (κ3) is 5.23. The van der Waals surface area contributed by atoms with Gasteiger partial charge in [0.1, 0.15) is 17.4 Å². The van der Waals surface area contributed by atoms with E-state index in [9.17, 15) is 20.2 Å². The molecule has 0 saturated heterocycles. The highest BCUT2D eigenvalue weighted by Crippen LogP contribution is 2.36. The van der Waals surface area contributed by atoms with E-state index in [1.165, 1.54) is 41.3 Å². The highest BCUT2D eigenvalue weighted by atomic mass is 35.5. The van der Waals surface area contributed by atoms with E-state index in [1.54, 1.807) is 36.4 Å². The molecule has 11 heteroatoms. The van der Waals surface area contributed by atoms with Crippen LogP contribution in [0.5, 0.6) is 0 Å². The molecule has 0 saturated carbocycles. The molecule has 0 fully saturated rings. The number of nitrogens with one attached hydrogen (secondary N) is 1. The number of amides is 1. The number of nitriles is 1. The predicted molar refractivity (Wildman–Crippen MR) is 128 cm³/mol. The van der Waals surface area contributed by atoms with E-state index in [0.717, 1.165) is 5.56 Å². The Morgan fingerprint density at radius 2 is 2.12 bits per heavy atom. The molecule has 8 nitrogen and oxygen atoms in total. The number of nitro benzene ring substituents is 1. The van der Waals surface area contributed by atoms with Gasteiger partial charge in [-0.15, -0.1) is 11.3 Å². The lowest BCUT2D eigenvalue weighted by Gasteiger charge is -2.05. The summed E-state index contributed by atoms with van der Waals surface area (Å²) in [5, 5.41) is 24.0. The van der Waals surface area contributed by atoms with Gasteiger partial charge in [-0.05, 0) is 54.6 Å². The summed E-state index contributed by atoms with van der Waals surface area (Å²) in [4.78, 5) is 27.4. The number of carbonyl (C=O) groups excluding carboxylic acids is 1. The minimum Gasteiger partial charge on any atom is -0.450 e. The summed E-state index contributed by atoms with van der Waals surface area (Å²) in [5.74, 6) is -0.265. The number of rotatable bonds is 6. The largest absolute Gasteiger partial charge is 0.450 e. The maximum Gasteiger partial charge on any atom is 0.270 e. The number of nitrogens with zero attached hydrogens (tertiary/aromatic N) is 3. The normalized spacial score (nSPS) is 11.4. The maximum absolute atomic E-state index is 12.5. The first-order chi connectivity index (χ1) is 15.8. The third-order valence-corrected chi connectivity index (χ3v) is 6.84. The van der Waals surface area contributed by atoms with Crippen LogP contribution < -0.4 is 5.32 Å². The van der Waals surface area contributed by atoms with Gasteiger partial charge in [-0.1, -0.05) is 17.7 Å². The van der Waals surface area contributed by atoms with E-state index in [2.05, 4.69) is 10.3 Å². The van der Waals surface area contributed by atoms with Gasteiger partial charge < -0.3 is 9.73 Å². The topological polar surface area (TPSA) is 122 Å². The van der Waals surface area contributed by atoms with Crippen molar-refractivity contribution in [2.45, 2.75) is 16.4 Å². The average Bonchev–Trinajstić information content (AvgIpc) is 3.40. The lowest BCUT2D eigenvalue weighted by atomic mass is 10.2. The number of hydrogen-bond acceptors (Lipinski definition) is 8. The molecule has 1 amide bonds. The molecule has 0 bridgehead atoms. The second-order valence-corrected chi connectivity index (χ2v) is 9.43. The van der Waals surface area contributed by atoms with Crippen molar-refractivity contribution in [1.82, 2.24) is 4.98 Å². The Morgan fingerprint density at radius 1 is 1.30 bits per heavy atom. The predicted octanol–water partition coefficient (Wildman–Crippen LogP) is 6.46. The molecule has 0 radical (unpaired) electrons. The number of aryl methyl sites for hydroxylation is 1. The summed E-state index contributed by atoms with van der Waals surface area (Å²) in [6.45, 7) is 1.85. The molecule has 0 aliphatic heterocycles. The van der Waals surface area contributed by atoms with Crippen molar-refractivity contribution in [2.24, 2.45) is 0 Å². The van der Waals surface area contributed by atoms with Gasteiger partial charge in [0, 0.05) is 28.9 Å². The molecule has 164 valence electrons. The van der Waals surface area contributed by atoms with E-state index in [-0.39, 0.29) is 11.3 Å². The van der Waals surface area contributed by atoms with E-state index in [4.69, 9.17) is 16.0 Å². The number of carbonyl (C=O) groups is 1. The van der Waals surface area contributed by atoms with Crippen LogP contribution in [0, 0.1) is 28.4 Å². The van der Waals surface area contributed by atoms with Crippen LogP contribution in [0.4, 0.5) is 11.4 Å². The number of anilines is 1. The molecule has 0 aliphatic rings. The van der Waals surface area contributed by atoms with Crippen LogP contribution in [0.1, 0.15) is 11.3 Å². The van der Waals surface area contributed by atoms with Crippen LogP contribution in [-0.2, 0) is 4.79 Å². The molecule has 4 rings (SSSR count). The quantitative estimate of drug-likeness (QED) is 0.141. The third-order valence-electron chi connectivity index (χ3n) is 4.43. The van der Waals surface area contributed by atoms with E-state index in [1.807, 2.05) is 13.0 Å². The second kappa shape index (κ2) is 9.46. The van der Waals surface area contributed by atoms with Gasteiger partial charge in [0.05, 0.1) is 15.1 Å². The van der Waals surface area contributed by atoms with Gasteiger partial charge in [-0.3, -0.25) is 14.9 Å². The Hall–Kier alpha value is -3.65. The lowest BCUT2D eigenvalue weighted by molar-refractivity contribution is -0.384. The van der Waals surface area contributed by atoms with Gasteiger partial charge >= 0.3 is 0 Å². The monoisotopic (exact) mass is 496 g/mol. The number of furan rings is 1. The number of fused-ring (bicyclic) bond motifs is 1. The van der Waals surface area contributed by atoms with Crippen LogP contribution in [0.2, 0.25) is 5.02 Å². The molecule has 0 aliphatic carbocycles. The lowest BCUT2D eigenvalue weighted by Crippen LogP contribution is -2.13. The summed E-state index contributed by atoms with van der Waals surface area (Å²) in [6.07, 6.45) is 1.34. The van der Waals surface area contributed by atoms with Crippen LogP contribution >= 0.6 is 34.7 Å². The fourth-order valence-corrected chi connectivity index (χ4v) is 4.95. The van der Waals surface area contributed by atoms with E-state index in [0.29, 0.717) is 36.1 Å². The van der Waals surface area contributed by atoms with Crippen molar-refractivity contribution in [3.05, 3.63) is 80.6 Å². The summed E-state index contributed by atoms with van der Waals surface area (Å²) in [6, 6.07) is 14.8. The number of hydrogen-bond donors (Lipinski definition) is 1. The maximum atomic E-state index is 12.5. The number of thiazole rings is 1. The first-order valence-electron chi connectivity index (χ1n) is 9.34. The molecule has 2 aromatic carbocycles. The van der Waals surface area contributed by atoms with Crippen LogP contribution in [0.3, 0.4) is 0 Å².